The van der Waals surface area contributed by atoms with Crippen molar-refractivity contribution in [2.24, 2.45) is 0 Å². The van der Waals surface area contributed by atoms with Crippen molar-refractivity contribution in [1.82, 2.24) is 5.32 Å². The first-order chi connectivity index (χ1) is 9.97. The van der Waals surface area contributed by atoms with Crippen LogP contribution < -0.4 is 5.32 Å². The number of amides is 1. The molecule has 0 saturated carbocycles. The molecule has 0 aromatic heterocycles. The number of benzene rings is 1. The van der Waals surface area contributed by atoms with E-state index < -0.39 is 17.1 Å². The van der Waals surface area contributed by atoms with E-state index in [-0.39, 0.29) is 17.8 Å². The molecule has 1 N–H and O–H groups in total. The lowest BCUT2D eigenvalue weighted by atomic mass is 10.2. The fraction of sp³-hybridized carbons (Fsp3) is 0.462. The molecule has 1 rings (SSSR count). The van der Waals surface area contributed by atoms with Crippen molar-refractivity contribution in [2.75, 3.05) is 19.8 Å². The highest BCUT2D eigenvalue weighted by atomic mass is 79.9. The molecule has 21 heavy (non-hydrogen) atoms. The van der Waals surface area contributed by atoms with E-state index in [0.717, 1.165) is 0 Å². The van der Waals surface area contributed by atoms with Crippen molar-refractivity contribution in [3.8, 4) is 0 Å². The van der Waals surface area contributed by atoms with E-state index in [9.17, 15) is 14.9 Å². The zero-order valence-corrected chi connectivity index (χ0v) is 13.4. The van der Waals surface area contributed by atoms with Gasteiger partial charge in [0.2, 0.25) is 0 Å². The number of rotatable bonds is 8. The molecular weight excluding hydrogens is 344 g/mol. The first-order valence-electron chi connectivity index (χ1n) is 6.44. The summed E-state index contributed by atoms with van der Waals surface area (Å²) >= 11 is 3.15. The minimum atomic E-state index is -0.551. The van der Waals surface area contributed by atoms with Gasteiger partial charge in [-0.3, -0.25) is 14.9 Å². The van der Waals surface area contributed by atoms with E-state index in [1.54, 1.807) is 0 Å². The summed E-state index contributed by atoms with van der Waals surface area (Å²) in [4.78, 5) is 22.2. The Labute approximate surface area is 130 Å². The largest absolute Gasteiger partial charge is 0.351 e. The average Bonchev–Trinajstić information content (AvgIpc) is 2.44. The van der Waals surface area contributed by atoms with Crippen LogP contribution in [-0.4, -0.2) is 36.9 Å². The number of nitro benzene ring substituents is 1. The molecule has 0 bridgehead atoms. The summed E-state index contributed by atoms with van der Waals surface area (Å²) in [6.45, 7) is 4.74. The number of carbonyl (C=O) groups is 1. The number of carbonyl (C=O) groups excluding carboxylic acids is 1. The molecule has 0 aliphatic rings. The molecule has 1 aromatic rings. The van der Waals surface area contributed by atoms with Gasteiger partial charge in [-0.05, 0) is 19.9 Å². The van der Waals surface area contributed by atoms with Crippen molar-refractivity contribution in [3.05, 3.63) is 38.3 Å². The van der Waals surface area contributed by atoms with Crippen LogP contribution in [-0.2, 0) is 9.47 Å². The molecule has 116 valence electrons. The number of nitrogens with zero attached hydrogens (tertiary/aromatic N) is 1. The molecule has 1 amide bonds. The molecule has 0 radical (unpaired) electrons. The third kappa shape index (κ3) is 5.78. The van der Waals surface area contributed by atoms with E-state index in [4.69, 9.17) is 9.47 Å². The van der Waals surface area contributed by atoms with Gasteiger partial charge >= 0.3 is 0 Å². The minimum Gasteiger partial charge on any atom is -0.351 e. The molecule has 0 spiro atoms. The summed E-state index contributed by atoms with van der Waals surface area (Å²) in [7, 11) is 0. The van der Waals surface area contributed by atoms with Crippen LogP contribution in [0, 0.1) is 10.1 Å². The van der Waals surface area contributed by atoms with Crippen LogP contribution in [0.3, 0.4) is 0 Å². The third-order valence-corrected chi connectivity index (χ3v) is 2.95. The summed E-state index contributed by atoms with van der Waals surface area (Å²) < 4.78 is 11.1. The highest BCUT2D eigenvalue weighted by molar-refractivity contribution is 9.10. The predicted molar refractivity (Wildman–Crippen MR) is 80.2 cm³/mol. The summed E-state index contributed by atoms with van der Waals surface area (Å²) in [6.07, 6.45) is -0.536. The fourth-order valence-corrected chi connectivity index (χ4v) is 2.11. The number of nitro groups is 1. The van der Waals surface area contributed by atoms with Gasteiger partial charge in [-0.2, -0.15) is 0 Å². The lowest BCUT2D eigenvalue weighted by molar-refractivity contribution is -0.385. The van der Waals surface area contributed by atoms with Crippen LogP contribution in [0.2, 0.25) is 0 Å². The number of non-ortho nitro benzene ring substituents is 1. The Morgan fingerprint density at radius 2 is 1.95 bits per heavy atom. The number of hydrogen-bond donors (Lipinski definition) is 1. The first kappa shape index (κ1) is 17.5. The second-order valence-corrected chi connectivity index (χ2v) is 4.92. The summed E-state index contributed by atoms with van der Waals surface area (Å²) in [5.74, 6) is -0.427. The van der Waals surface area contributed by atoms with Crippen molar-refractivity contribution < 1.29 is 19.2 Å². The Balaban J connectivity index is 2.72. The molecule has 7 nitrogen and oxygen atoms in total. The van der Waals surface area contributed by atoms with Gasteiger partial charge in [0.15, 0.2) is 6.29 Å². The number of nitrogens with one attached hydrogen (secondary N) is 1. The van der Waals surface area contributed by atoms with E-state index in [2.05, 4.69) is 21.2 Å². The van der Waals surface area contributed by atoms with E-state index in [1.807, 2.05) is 13.8 Å². The molecule has 0 fully saturated rings. The standard InChI is InChI=1S/C13H17BrN2O5/c1-3-20-12(21-4-2)8-15-13(17)9-5-10(14)7-11(6-9)16(18)19/h5-7,12H,3-4,8H2,1-2H3,(H,15,17). The van der Waals surface area contributed by atoms with Crippen LogP contribution in [0.5, 0.6) is 0 Å². The Kier molecular flexibility index (Phi) is 7.27. The summed E-state index contributed by atoms with van der Waals surface area (Å²) in [6, 6.07) is 4.06. The Morgan fingerprint density at radius 3 is 2.48 bits per heavy atom. The first-order valence-corrected chi connectivity index (χ1v) is 7.23. The van der Waals surface area contributed by atoms with Gasteiger partial charge in [0.25, 0.3) is 11.6 Å². The molecule has 0 atom stereocenters. The highest BCUT2D eigenvalue weighted by Gasteiger charge is 2.15. The Bertz CT molecular complexity index is 503. The Morgan fingerprint density at radius 1 is 1.33 bits per heavy atom. The predicted octanol–water partition coefficient (Wildman–Crippen LogP) is 2.49. The van der Waals surface area contributed by atoms with Crippen LogP contribution in [0.1, 0.15) is 24.2 Å². The number of hydrogen-bond acceptors (Lipinski definition) is 5. The summed E-state index contributed by atoms with van der Waals surface area (Å²) in [5, 5.41) is 13.4. The minimum absolute atomic E-state index is 0.152. The maximum Gasteiger partial charge on any atom is 0.271 e. The van der Waals surface area contributed by atoms with Gasteiger partial charge in [0.05, 0.1) is 11.5 Å². The zero-order chi connectivity index (χ0) is 15.8. The topological polar surface area (TPSA) is 90.7 Å². The molecule has 0 unspecified atom stereocenters. The van der Waals surface area contributed by atoms with E-state index in [1.165, 1.54) is 18.2 Å². The normalized spacial score (nSPS) is 10.7. The van der Waals surface area contributed by atoms with Gasteiger partial charge < -0.3 is 14.8 Å². The fourth-order valence-electron chi connectivity index (χ4n) is 1.63. The van der Waals surface area contributed by atoms with Crippen LogP contribution in [0.4, 0.5) is 5.69 Å². The van der Waals surface area contributed by atoms with Crippen LogP contribution in [0.15, 0.2) is 22.7 Å². The average molecular weight is 361 g/mol. The maximum absolute atomic E-state index is 12.0. The zero-order valence-electron chi connectivity index (χ0n) is 11.8. The van der Waals surface area contributed by atoms with Crippen LogP contribution in [0.25, 0.3) is 0 Å². The molecule has 0 heterocycles. The molecular formula is C13H17BrN2O5. The van der Waals surface area contributed by atoms with Gasteiger partial charge in [-0.1, -0.05) is 15.9 Å². The Hall–Kier alpha value is -1.51. The van der Waals surface area contributed by atoms with Crippen molar-refractivity contribution in [1.29, 1.82) is 0 Å². The third-order valence-electron chi connectivity index (χ3n) is 2.49. The van der Waals surface area contributed by atoms with Crippen LogP contribution >= 0.6 is 15.9 Å². The maximum atomic E-state index is 12.0. The lowest BCUT2D eigenvalue weighted by Crippen LogP contribution is -2.35. The number of halogens is 1. The second kappa shape index (κ2) is 8.71. The molecule has 0 aliphatic carbocycles. The van der Waals surface area contributed by atoms with Crippen molar-refractivity contribution >= 4 is 27.5 Å². The smallest absolute Gasteiger partial charge is 0.271 e. The van der Waals surface area contributed by atoms with Gasteiger partial charge in [-0.15, -0.1) is 0 Å². The lowest BCUT2D eigenvalue weighted by Gasteiger charge is -2.17. The van der Waals surface area contributed by atoms with Crippen molar-refractivity contribution in [2.45, 2.75) is 20.1 Å². The quantitative estimate of drug-likeness (QED) is 0.436. The van der Waals surface area contributed by atoms with E-state index >= 15 is 0 Å². The second-order valence-electron chi connectivity index (χ2n) is 4.01. The molecule has 8 heteroatoms. The summed E-state index contributed by atoms with van der Waals surface area (Å²) in [5.41, 5.74) is 0.0449. The van der Waals surface area contributed by atoms with Gasteiger partial charge in [0, 0.05) is 35.4 Å². The monoisotopic (exact) mass is 360 g/mol. The molecule has 0 aliphatic heterocycles. The molecule has 1 aromatic carbocycles. The number of ether oxygens (including phenoxy) is 2. The molecule has 0 saturated heterocycles. The van der Waals surface area contributed by atoms with E-state index in [0.29, 0.717) is 17.7 Å². The van der Waals surface area contributed by atoms with Gasteiger partial charge in [0.1, 0.15) is 0 Å². The SMILES string of the molecule is CCOC(CNC(=O)c1cc(Br)cc([N+](=O)[O-])c1)OCC. The highest BCUT2D eigenvalue weighted by Crippen LogP contribution is 2.21. The van der Waals surface area contributed by atoms with Gasteiger partial charge in [-0.25, -0.2) is 0 Å². The van der Waals surface area contributed by atoms with Crippen molar-refractivity contribution in [3.63, 3.8) is 0 Å².